The van der Waals surface area contributed by atoms with Gasteiger partial charge < -0.3 is 5.73 Å². The quantitative estimate of drug-likeness (QED) is 0.551. The number of carbonyl (C=O) groups excluding carboxylic acids is 1. The summed E-state index contributed by atoms with van der Waals surface area (Å²) in [6.45, 7) is 1.87. The number of hydrogen-bond acceptors (Lipinski definition) is 2. The predicted octanol–water partition coefficient (Wildman–Crippen LogP) is 0.224. The molecule has 0 fully saturated rings. The molecule has 2 heteroatoms. The van der Waals surface area contributed by atoms with Gasteiger partial charge in [-0.1, -0.05) is 0 Å². The van der Waals surface area contributed by atoms with Crippen molar-refractivity contribution >= 4 is 6.29 Å². The summed E-state index contributed by atoms with van der Waals surface area (Å²) in [6, 6.07) is 0.140. The van der Waals surface area contributed by atoms with Gasteiger partial charge in [-0.2, -0.15) is 0 Å². The molecule has 0 spiro atoms. The fourth-order valence-corrected chi connectivity index (χ4v) is 0.287. The van der Waals surface area contributed by atoms with Gasteiger partial charge in [-0.3, -0.25) is 4.79 Å². The summed E-state index contributed by atoms with van der Waals surface area (Å²) in [4.78, 5) is 9.53. The minimum Gasteiger partial charge on any atom is -0.328 e. The van der Waals surface area contributed by atoms with Crippen molar-refractivity contribution in [2.75, 3.05) is 0 Å². The van der Waals surface area contributed by atoms with E-state index in [1.807, 2.05) is 6.92 Å². The molecular weight excluding hydrogens is 90.1 g/mol. The molecule has 0 aliphatic heterocycles. The molecule has 2 N–H and O–H groups in total. The van der Waals surface area contributed by atoms with Gasteiger partial charge in [-0.25, -0.2) is 0 Å². The minimum absolute atomic E-state index is 0.140. The van der Waals surface area contributed by atoms with Crippen LogP contribution in [0.4, 0.5) is 0 Å². The Morgan fingerprint density at radius 2 is 2.43 bits per heavy atom. The molecule has 2 nitrogen and oxygen atoms in total. The maximum absolute atomic E-state index is 9.53. The van der Waals surface area contributed by atoms with Crippen molar-refractivity contribution in [1.29, 1.82) is 0 Å². The van der Waals surface area contributed by atoms with Gasteiger partial charge in [-0.15, -0.1) is 0 Å². The molecule has 0 aromatic carbocycles. The van der Waals surface area contributed by atoms with Gasteiger partial charge in [0, 0.05) is 12.5 Å². The molecule has 0 aliphatic carbocycles. The van der Waals surface area contributed by atoms with Gasteiger partial charge in [0.2, 0.25) is 0 Å². The molecule has 0 rings (SSSR count). The van der Waals surface area contributed by atoms with Crippen LogP contribution in [0, 0.1) is 0 Å². The Labute approximate surface area is 43.7 Å². The maximum atomic E-state index is 9.53. The van der Waals surface area contributed by atoms with Crippen LogP contribution in [-0.4, -0.2) is 12.3 Å². The first kappa shape index (κ1) is 6.63. The van der Waals surface area contributed by atoms with Gasteiger partial charge >= 0.3 is 0 Å². The SMILES string of the molecule is CC(N)CC[C]=O. The summed E-state index contributed by atoms with van der Waals surface area (Å²) in [5, 5.41) is 0. The summed E-state index contributed by atoms with van der Waals surface area (Å²) in [6.07, 6.45) is 2.99. The summed E-state index contributed by atoms with van der Waals surface area (Å²) in [5.41, 5.74) is 5.30. The van der Waals surface area contributed by atoms with Crippen LogP contribution >= 0.6 is 0 Å². The zero-order valence-electron chi connectivity index (χ0n) is 4.48. The third-order valence-electron chi connectivity index (χ3n) is 0.702. The maximum Gasteiger partial charge on any atom is 0.198 e. The summed E-state index contributed by atoms with van der Waals surface area (Å²) in [7, 11) is 0. The van der Waals surface area contributed by atoms with Crippen molar-refractivity contribution in [3.8, 4) is 0 Å². The molecule has 0 aromatic heterocycles. The largest absolute Gasteiger partial charge is 0.328 e. The van der Waals surface area contributed by atoms with Gasteiger partial charge in [0.05, 0.1) is 0 Å². The molecular formula is C5H10NO. The first-order valence-corrected chi connectivity index (χ1v) is 2.38. The lowest BCUT2D eigenvalue weighted by molar-refractivity contribution is 0.543. The Kier molecular flexibility index (Phi) is 3.61. The molecule has 7 heavy (non-hydrogen) atoms. The molecule has 0 amide bonds. The van der Waals surface area contributed by atoms with E-state index in [1.165, 1.54) is 0 Å². The molecule has 0 heterocycles. The monoisotopic (exact) mass is 100 g/mol. The van der Waals surface area contributed by atoms with Crippen LogP contribution in [0.15, 0.2) is 0 Å². The third kappa shape index (κ3) is 5.63. The summed E-state index contributed by atoms with van der Waals surface area (Å²) in [5.74, 6) is 0. The lowest BCUT2D eigenvalue weighted by Gasteiger charge is -1.95. The number of hydrogen-bond donors (Lipinski definition) is 1. The standard InChI is InChI=1S/C5H10NO/c1-5(6)3-2-4-7/h5H,2-3,6H2,1H3. The molecule has 0 bridgehead atoms. The van der Waals surface area contributed by atoms with Gasteiger partial charge in [0.15, 0.2) is 6.29 Å². The summed E-state index contributed by atoms with van der Waals surface area (Å²) < 4.78 is 0. The number of nitrogens with two attached hydrogens (primary N) is 1. The van der Waals surface area contributed by atoms with Crippen molar-refractivity contribution in [3.05, 3.63) is 0 Å². The Bertz CT molecular complexity index is 52.0. The molecule has 0 saturated heterocycles. The van der Waals surface area contributed by atoms with E-state index in [2.05, 4.69) is 0 Å². The van der Waals surface area contributed by atoms with Crippen LogP contribution in [0.5, 0.6) is 0 Å². The van der Waals surface area contributed by atoms with Crippen molar-refractivity contribution in [3.63, 3.8) is 0 Å². The molecule has 1 radical (unpaired) electrons. The highest BCUT2D eigenvalue weighted by Crippen LogP contribution is 1.87. The van der Waals surface area contributed by atoms with E-state index >= 15 is 0 Å². The zero-order valence-corrected chi connectivity index (χ0v) is 4.48. The van der Waals surface area contributed by atoms with E-state index in [0.717, 1.165) is 6.42 Å². The van der Waals surface area contributed by atoms with E-state index in [1.54, 1.807) is 6.29 Å². The Balaban J connectivity index is 2.81. The highest BCUT2D eigenvalue weighted by atomic mass is 16.1. The van der Waals surface area contributed by atoms with E-state index in [4.69, 9.17) is 5.73 Å². The van der Waals surface area contributed by atoms with Crippen molar-refractivity contribution in [1.82, 2.24) is 0 Å². The first-order valence-electron chi connectivity index (χ1n) is 2.38. The van der Waals surface area contributed by atoms with Crippen molar-refractivity contribution in [2.24, 2.45) is 5.73 Å². The second kappa shape index (κ2) is 3.81. The van der Waals surface area contributed by atoms with Gasteiger partial charge in [-0.05, 0) is 13.3 Å². The second-order valence-corrected chi connectivity index (χ2v) is 1.66. The van der Waals surface area contributed by atoms with Gasteiger partial charge in [0.25, 0.3) is 0 Å². The number of rotatable bonds is 3. The Hall–Kier alpha value is -0.370. The van der Waals surface area contributed by atoms with E-state index in [0.29, 0.717) is 6.42 Å². The van der Waals surface area contributed by atoms with Crippen LogP contribution in [0.1, 0.15) is 19.8 Å². The molecule has 1 atom stereocenters. The van der Waals surface area contributed by atoms with Crippen LogP contribution in [0.3, 0.4) is 0 Å². The lowest BCUT2D eigenvalue weighted by atomic mass is 10.2. The predicted molar refractivity (Wildman–Crippen MR) is 28.6 cm³/mol. The highest BCUT2D eigenvalue weighted by Gasteiger charge is 1.89. The van der Waals surface area contributed by atoms with Crippen LogP contribution < -0.4 is 5.73 Å². The van der Waals surface area contributed by atoms with Crippen LogP contribution in [0.25, 0.3) is 0 Å². The fraction of sp³-hybridized carbons (Fsp3) is 0.800. The highest BCUT2D eigenvalue weighted by molar-refractivity contribution is 5.50. The van der Waals surface area contributed by atoms with Crippen LogP contribution in [-0.2, 0) is 4.79 Å². The molecule has 0 saturated carbocycles. The smallest absolute Gasteiger partial charge is 0.198 e. The zero-order chi connectivity index (χ0) is 5.70. The van der Waals surface area contributed by atoms with Crippen LogP contribution in [0.2, 0.25) is 0 Å². The van der Waals surface area contributed by atoms with Crippen molar-refractivity contribution in [2.45, 2.75) is 25.8 Å². The average Bonchev–Trinajstić information content (AvgIpc) is 1.61. The first-order chi connectivity index (χ1) is 3.27. The van der Waals surface area contributed by atoms with E-state index < -0.39 is 0 Å². The minimum atomic E-state index is 0.140. The molecule has 1 unspecified atom stereocenters. The Morgan fingerprint density at radius 3 is 2.57 bits per heavy atom. The third-order valence-corrected chi connectivity index (χ3v) is 0.702. The summed E-state index contributed by atoms with van der Waals surface area (Å²) >= 11 is 0. The second-order valence-electron chi connectivity index (χ2n) is 1.66. The molecule has 0 aromatic rings. The topological polar surface area (TPSA) is 43.1 Å². The molecule has 41 valence electrons. The molecule has 0 aliphatic rings. The van der Waals surface area contributed by atoms with Crippen molar-refractivity contribution < 1.29 is 4.79 Å². The fourth-order valence-electron chi connectivity index (χ4n) is 0.287. The average molecular weight is 100 g/mol. The lowest BCUT2D eigenvalue weighted by Crippen LogP contribution is -2.13. The van der Waals surface area contributed by atoms with E-state index in [-0.39, 0.29) is 6.04 Å². The Morgan fingerprint density at radius 1 is 1.86 bits per heavy atom. The van der Waals surface area contributed by atoms with Gasteiger partial charge in [0.1, 0.15) is 0 Å². The van der Waals surface area contributed by atoms with E-state index in [9.17, 15) is 4.79 Å². The normalized spacial score (nSPS) is 13.4.